The molecular formula is C17H23ClF3N5O2. The maximum Gasteiger partial charge on any atom is 0.450 e. The fraction of sp³-hybridized carbons (Fsp3) is 0.529. The van der Waals surface area contributed by atoms with Crippen molar-refractivity contribution in [1.82, 2.24) is 9.91 Å². The lowest BCUT2D eigenvalue weighted by Gasteiger charge is -2.36. The molecule has 0 aromatic heterocycles. The molecule has 1 aromatic carbocycles. The predicted molar refractivity (Wildman–Crippen MR) is 102 cm³/mol. The zero-order valence-electron chi connectivity index (χ0n) is 15.7. The number of anilines is 1. The number of hydrazone groups is 1. The Morgan fingerprint density at radius 1 is 1.32 bits per heavy atom. The van der Waals surface area contributed by atoms with Gasteiger partial charge in [0.15, 0.2) is 0 Å². The van der Waals surface area contributed by atoms with Crippen LogP contribution < -0.4 is 15.4 Å². The average molecular weight is 422 g/mol. The summed E-state index contributed by atoms with van der Waals surface area (Å²) in [5.41, 5.74) is 5.85. The smallest absolute Gasteiger partial charge is 0.450 e. The molecule has 1 heterocycles. The third kappa shape index (κ3) is 5.57. The summed E-state index contributed by atoms with van der Waals surface area (Å²) in [6, 6.07) is 5.44. The number of hydrogen-bond donors (Lipinski definition) is 1. The van der Waals surface area contributed by atoms with Crippen molar-refractivity contribution in [3.63, 3.8) is 0 Å². The van der Waals surface area contributed by atoms with E-state index in [-0.39, 0.29) is 19.0 Å². The average Bonchev–Trinajstić information content (AvgIpc) is 2.67. The van der Waals surface area contributed by atoms with Crippen LogP contribution in [0.4, 0.5) is 18.9 Å². The second-order valence-corrected chi connectivity index (χ2v) is 6.56. The third-order valence-corrected chi connectivity index (χ3v) is 4.67. The third-order valence-electron chi connectivity index (χ3n) is 4.35. The molecule has 7 nitrogen and oxygen atoms in total. The van der Waals surface area contributed by atoms with Crippen LogP contribution in [0.25, 0.3) is 0 Å². The van der Waals surface area contributed by atoms with Gasteiger partial charge in [0.05, 0.1) is 12.1 Å². The monoisotopic (exact) mass is 421 g/mol. The summed E-state index contributed by atoms with van der Waals surface area (Å²) in [6.07, 6.45) is -4.72. The van der Waals surface area contributed by atoms with Crippen LogP contribution in [-0.4, -0.2) is 74.2 Å². The van der Waals surface area contributed by atoms with E-state index in [1.807, 2.05) is 12.1 Å². The summed E-state index contributed by atoms with van der Waals surface area (Å²) in [5.74, 6) is -1.20. The highest BCUT2D eigenvalue weighted by Crippen LogP contribution is 2.29. The van der Waals surface area contributed by atoms with Crippen molar-refractivity contribution in [2.24, 2.45) is 10.8 Å². The Kier molecular flexibility index (Phi) is 7.22. The second kappa shape index (κ2) is 9.22. The van der Waals surface area contributed by atoms with Crippen molar-refractivity contribution in [2.75, 3.05) is 51.3 Å². The number of benzene rings is 1. The number of carbonyl (C=O) groups is 1. The summed E-state index contributed by atoms with van der Waals surface area (Å²) in [6.45, 7) is 3.52. The molecule has 0 unspecified atom stereocenters. The van der Waals surface area contributed by atoms with Gasteiger partial charge in [-0.15, -0.1) is 0 Å². The number of ether oxygens (including phenoxy) is 1. The van der Waals surface area contributed by atoms with Crippen LogP contribution in [0.2, 0.25) is 5.02 Å². The standard InChI is InChI=1S/C17H23ClF3N5O2/c1-3-26(23-16(22)17(19,20)21)11-15(27)25-8-6-24(7-9-25)12-4-5-13(18)14(10-12)28-2/h4-5,10H,3,6-9,11H2,1-2H3,(H2,22,23). The Balaban J connectivity index is 1.94. The molecule has 0 radical (unpaired) electrons. The lowest BCUT2D eigenvalue weighted by molar-refractivity contribution is -0.132. The molecular weight excluding hydrogens is 399 g/mol. The molecule has 11 heteroatoms. The first-order valence-corrected chi connectivity index (χ1v) is 9.06. The Bertz CT molecular complexity index is 721. The van der Waals surface area contributed by atoms with E-state index < -0.39 is 12.0 Å². The fourth-order valence-corrected chi connectivity index (χ4v) is 2.94. The summed E-state index contributed by atoms with van der Waals surface area (Å²) >= 11 is 6.04. The first-order chi connectivity index (χ1) is 13.2. The summed E-state index contributed by atoms with van der Waals surface area (Å²) in [7, 11) is 1.54. The van der Waals surface area contributed by atoms with Gasteiger partial charge in [0.25, 0.3) is 0 Å². The molecule has 2 N–H and O–H groups in total. The van der Waals surface area contributed by atoms with Crippen LogP contribution in [0.3, 0.4) is 0 Å². The van der Waals surface area contributed by atoms with Crippen LogP contribution in [-0.2, 0) is 4.79 Å². The molecule has 1 saturated heterocycles. The molecule has 0 saturated carbocycles. The van der Waals surface area contributed by atoms with Crippen LogP contribution in [0.1, 0.15) is 6.92 Å². The number of piperazine rings is 1. The number of likely N-dealkylation sites (N-methyl/N-ethyl adjacent to an activating group) is 1. The Hall–Kier alpha value is -2.36. The lowest BCUT2D eigenvalue weighted by Crippen LogP contribution is -2.51. The van der Waals surface area contributed by atoms with Gasteiger partial charge < -0.3 is 20.3 Å². The Morgan fingerprint density at radius 3 is 2.50 bits per heavy atom. The van der Waals surface area contributed by atoms with Crippen molar-refractivity contribution in [3.8, 4) is 5.75 Å². The number of carbonyl (C=O) groups excluding carboxylic acids is 1. The van der Waals surface area contributed by atoms with E-state index in [1.165, 1.54) is 7.11 Å². The number of amides is 1. The van der Waals surface area contributed by atoms with E-state index in [4.69, 9.17) is 22.1 Å². The maximum absolute atomic E-state index is 12.5. The largest absolute Gasteiger partial charge is 0.495 e. The first kappa shape index (κ1) is 21.9. The highest BCUT2D eigenvalue weighted by atomic mass is 35.5. The van der Waals surface area contributed by atoms with E-state index in [0.29, 0.717) is 37.0 Å². The van der Waals surface area contributed by atoms with Crippen LogP contribution >= 0.6 is 11.6 Å². The van der Waals surface area contributed by atoms with Gasteiger partial charge in [-0.3, -0.25) is 9.80 Å². The van der Waals surface area contributed by atoms with E-state index in [9.17, 15) is 18.0 Å². The molecule has 1 aromatic rings. The minimum absolute atomic E-state index is 0.132. The van der Waals surface area contributed by atoms with Gasteiger partial charge in [-0.1, -0.05) is 11.6 Å². The topological polar surface area (TPSA) is 74.4 Å². The maximum atomic E-state index is 12.5. The van der Waals surface area contributed by atoms with Crippen molar-refractivity contribution in [1.29, 1.82) is 0 Å². The van der Waals surface area contributed by atoms with Crippen molar-refractivity contribution in [3.05, 3.63) is 23.2 Å². The van der Waals surface area contributed by atoms with E-state index >= 15 is 0 Å². The number of alkyl halides is 3. The number of nitrogens with zero attached hydrogens (tertiary/aromatic N) is 4. The van der Waals surface area contributed by atoms with Gasteiger partial charge in [0.2, 0.25) is 11.7 Å². The molecule has 0 aliphatic carbocycles. The fourth-order valence-electron chi connectivity index (χ4n) is 2.74. The lowest BCUT2D eigenvalue weighted by atomic mass is 10.2. The zero-order valence-corrected chi connectivity index (χ0v) is 16.4. The molecule has 28 heavy (non-hydrogen) atoms. The van der Waals surface area contributed by atoms with Gasteiger partial charge in [0, 0.05) is 44.5 Å². The number of halogens is 4. The summed E-state index contributed by atoms with van der Waals surface area (Å²) in [4.78, 5) is 16.1. The summed E-state index contributed by atoms with van der Waals surface area (Å²) < 4.78 is 42.8. The number of nitrogens with two attached hydrogens (primary N) is 1. The minimum Gasteiger partial charge on any atom is -0.495 e. The number of hydrogen-bond acceptors (Lipinski definition) is 5. The van der Waals surface area contributed by atoms with Crippen LogP contribution in [0.15, 0.2) is 23.3 Å². The van der Waals surface area contributed by atoms with Crippen LogP contribution in [0.5, 0.6) is 5.75 Å². The number of rotatable bonds is 6. The van der Waals surface area contributed by atoms with Crippen molar-refractivity contribution >= 4 is 29.0 Å². The molecule has 2 rings (SSSR count). The molecule has 156 valence electrons. The number of methoxy groups -OCH3 is 1. The van der Waals surface area contributed by atoms with Gasteiger partial charge in [0.1, 0.15) is 12.3 Å². The molecule has 0 bridgehead atoms. The Labute approximate surface area is 166 Å². The number of amidine groups is 1. The molecule has 0 spiro atoms. The van der Waals surface area contributed by atoms with Gasteiger partial charge >= 0.3 is 6.18 Å². The SMILES string of the molecule is CCN(CC(=O)N1CCN(c2ccc(Cl)c(OC)c2)CC1)/N=C(\N)C(F)(F)F. The summed E-state index contributed by atoms with van der Waals surface area (Å²) in [5, 5.41) is 4.84. The first-order valence-electron chi connectivity index (χ1n) is 8.68. The zero-order chi connectivity index (χ0) is 20.9. The highest BCUT2D eigenvalue weighted by molar-refractivity contribution is 6.32. The molecule has 0 atom stereocenters. The van der Waals surface area contributed by atoms with Gasteiger partial charge in [-0.25, -0.2) is 0 Å². The molecule has 1 fully saturated rings. The second-order valence-electron chi connectivity index (χ2n) is 6.15. The van der Waals surface area contributed by atoms with E-state index in [0.717, 1.165) is 10.7 Å². The normalized spacial score (nSPS) is 15.6. The molecule has 1 amide bonds. The molecule has 1 aliphatic heterocycles. The Morgan fingerprint density at radius 2 is 1.96 bits per heavy atom. The molecule has 1 aliphatic rings. The quantitative estimate of drug-likeness (QED) is 0.433. The predicted octanol–water partition coefficient (Wildman–Crippen LogP) is 2.15. The minimum atomic E-state index is -4.72. The van der Waals surface area contributed by atoms with Gasteiger partial charge in [-0.05, 0) is 19.1 Å². The van der Waals surface area contributed by atoms with Crippen molar-refractivity contribution < 1.29 is 22.7 Å². The van der Waals surface area contributed by atoms with E-state index in [1.54, 1.807) is 17.9 Å². The highest BCUT2D eigenvalue weighted by Gasteiger charge is 2.34. The van der Waals surface area contributed by atoms with Gasteiger partial charge in [-0.2, -0.15) is 18.3 Å². The van der Waals surface area contributed by atoms with E-state index in [2.05, 4.69) is 10.0 Å². The van der Waals surface area contributed by atoms with Crippen molar-refractivity contribution in [2.45, 2.75) is 13.1 Å². The van der Waals surface area contributed by atoms with Crippen LogP contribution in [0, 0.1) is 0 Å².